The van der Waals surface area contributed by atoms with Crippen LogP contribution in [0.3, 0.4) is 0 Å². The van der Waals surface area contributed by atoms with Crippen LogP contribution in [0.1, 0.15) is 26.7 Å². The second-order valence-corrected chi connectivity index (χ2v) is 5.66. The van der Waals surface area contributed by atoms with Gasteiger partial charge in [-0.1, -0.05) is 6.92 Å². The van der Waals surface area contributed by atoms with E-state index < -0.39 is 0 Å². The Hall–Kier alpha value is 0.210. The van der Waals surface area contributed by atoms with Gasteiger partial charge < -0.3 is 0 Å². The summed E-state index contributed by atoms with van der Waals surface area (Å²) >= 11 is 5.89. The van der Waals surface area contributed by atoms with E-state index in [1.165, 1.54) is 39.0 Å². The Morgan fingerprint density at radius 2 is 2.20 bits per heavy atom. The van der Waals surface area contributed by atoms with E-state index in [0.717, 1.165) is 11.9 Å². The van der Waals surface area contributed by atoms with Gasteiger partial charge in [0, 0.05) is 37.6 Å². The van der Waals surface area contributed by atoms with E-state index >= 15 is 0 Å². The third-order valence-electron chi connectivity index (χ3n) is 3.88. The predicted octanol–water partition coefficient (Wildman–Crippen LogP) is 2.03. The van der Waals surface area contributed by atoms with Crippen molar-refractivity contribution in [1.29, 1.82) is 0 Å². The van der Waals surface area contributed by atoms with Crippen LogP contribution in [-0.2, 0) is 0 Å². The molecule has 2 heterocycles. The van der Waals surface area contributed by atoms with Crippen molar-refractivity contribution in [2.24, 2.45) is 5.92 Å². The van der Waals surface area contributed by atoms with Crippen molar-refractivity contribution in [1.82, 2.24) is 9.80 Å². The molecular formula is C12H23ClN2. The summed E-state index contributed by atoms with van der Waals surface area (Å²) in [7, 11) is 0. The highest BCUT2D eigenvalue weighted by atomic mass is 35.5. The van der Waals surface area contributed by atoms with Crippen LogP contribution in [0.5, 0.6) is 0 Å². The largest absolute Gasteiger partial charge is 0.298 e. The van der Waals surface area contributed by atoms with Crippen LogP contribution >= 0.6 is 11.6 Å². The number of nitrogens with zero attached hydrogens (tertiary/aromatic N) is 2. The van der Waals surface area contributed by atoms with Crippen molar-refractivity contribution in [2.45, 2.75) is 38.8 Å². The van der Waals surface area contributed by atoms with E-state index in [2.05, 4.69) is 23.6 Å². The molecule has 0 saturated carbocycles. The molecule has 2 fully saturated rings. The molecule has 0 amide bonds. The Kier molecular flexibility index (Phi) is 3.92. The van der Waals surface area contributed by atoms with Crippen molar-refractivity contribution < 1.29 is 0 Å². The fourth-order valence-electron chi connectivity index (χ4n) is 2.95. The minimum absolute atomic E-state index is 0.627. The molecule has 0 aromatic heterocycles. The van der Waals surface area contributed by atoms with Crippen molar-refractivity contribution in [3.63, 3.8) is 0 Å². The van der Waals surface area contributed by atoms with Gasteiger partial charge in [-0.05, 0) is 32.2 Å². The van der Waals surface area contributed by atoms with Crippen LogP contribution in [0.4, 0.5) is 0 Å². The maximum absolute atomic E-state index is 5.89. The molecular weight excluding hydrogens is 208 g/mol. The van der Waals surface area contributed by atoms with E-state index in [9.17, 15) is 0 Å². The predicted molar refractivity (Wildman–Crippen MR) is 65.5 cm³/mol. The van der Waals surface area contributed by atoms with E-state index in [4.69, 9.17) is 11.6 Å². The summed E-state index contributed by atoms with van der Waals surface area (Å²) in [5.74, 6) is 1.42. The van der Waals surface area contributed by atoms with Gasteiger partial charge in [0.05, 0.1) is 0 Å². The smallest absolute Gasteiger partial charge is 0.0261 e. The van der Waals surface area contributed by atoms with Crippen LogP contribution in [0.25, 0.3) is 0 Å². The lowest BCUT2D eigenvalue weighted by molar-refractivity contribution is 0.0518. The summed E-state index contributed by atoms with van der Waals surface area (Å²) in [5.41, 5.74) is 0. The first-order chi connectivity index (χ1) is 7.20. The molecule has 3 heteroatoms. The number of hydrogen-bond donors (Lipinski definition) is 0. The fourth-order valence-corrected chi connectivity index (χ4v) is 3.05. The highest BCUT2D eigenvalue weighted by Crippen LogP contribution is 2.25. The van der Waals surface area contributed by atoms with Crippen LogP contribution in [0, 0.1) is 5.92 Å². The first-order valence-corrected chi connectivity index (χ1v) is 6.78. The first-order valence-electron chi connectivity index (χ1n) is 6.24. The van der Waals surface area contributed by atoms with Gasteiger partial charge in [-0.25, -0.2) is 0 Å². The Balaban J connectivity index is 1.89. The monoisotopic (exact) mass is 230 g/mol. The number of halogens is 1. The lowest BCUT2D eigenvalue weighted by Crippen LogP contribution is -2.55. The maximum Gasteiger partial charge on any atom is 0.0261 e. The van der Waals surface area contributed by atoms with Crippen LogP contribution < -0.4 is 0 Å². The lowest BCUT2D eigenvalue weighted by Gasteiger charge is -2.43. The third-order valence-corrected chi connectivity index (χ3v) is 4.40. The zero-order chi connectivity index (χ0) is 10.8. The zero-order valence-electron chi connectivity index (χ0n) is 9.95. The van der Waals surface area contributed by atoms with Crippen molar-refractivity contribution in [3.05, 3.63) is 0 Å². The molecule has 3 unspecified atom stereocenters. The molecule has 88 valence electrons. The number of piperazine rings is 1. The molecule has 2 saturated heterocycles. The van der Waals surface area contributed by atoms with Gasteiger partial charge in [0.2, 0.25) is 0 Å². The number of fused-ring (bicyclic) bond motifs is 1. The van der Waals surface area contributed by atoms with Gasteiger partial charge >= 0.3 is 0 Å². The first kappa shape index (κ1) is 11.7. The second-order valence-electron chi connectivity index (χ2n) is 5.35. The van der Waals surface area contributed by atoms with E-state index in [0.29, 0.717) is 12.0 Å². The molecule has 0 aliphatic carbocycles. The fraction of sp³-hybridized carbons (Fsp3) is 1.00. The molecule has 2 aliphatic heterocycles. The van der Waals surface area contributed by atoms with Crippen molar-refractivity contribution in [3.8, 4) is 0 Å². The quantitative estimate of drug-likeness (QED) is 0.685. The minimum Gasteiger partial charge on any atom is -0.298 e. The zero-order valence-corrected chi connectivity index (χ0v) is 10.7. The highest BCUT2D eigenvalue weighted by Gasteiger charge is 2.34. The molecule has 2 rings (SSSR count). The molecule has 0 bridgehead atoms. The number of alkyl halides is 1. The van der Waals surface area contributed by atoms with E-state index in [1.54, 1.807) is 0 Å². The summed E-state index contributed by atoms with van der Waals surface area (Å²) in [6.07, 6.45) is 2.80. The van der Waals surface area contributed by atoms with E-state index in [-0.39, 0.29) is 0 Å². The molecule has 0 spiro atoms. The Morgan fingerprint density at radius 3 is 2.93 bits per heavy atom. The molecule has 0 radical (unpaired) electrons. The standard InChI is InChI=1S/C12H23ClN2/c1-10(6-13)7-15-9-12-4-3-5-14(12)8-11(15)2/h10-12H,3-9H2,1-2H3. The van der Waals surface area contributed by atoms with Gasteiger partial charge in [-0.3, -0.25) is 9.80 Å². The molecule has 2 aliphatic rings. The molecule has 3 atom stereocenters. The van der Waals surface area contributed by atoms with Crippen molar-refractivity contribution >= 4 is 11.6 Å². The van der Waals surface area contributed by atoms with Gasteiger partial charge in [-0.15, -0.1) is 11.6 Å². The summed E-state index contributed by atoms with van der Waals surface area (Å²) in [5, 5.41) is 0. The summed E-state index contributed by atoms with van der Waals surface area (Å²) in [6.45, 7) is 9.64. The van der Waals surface area contributed by atoms with Gasteiger partial charge in [-0.2, -0.15) is 0 Å². The van der Waals surface area contributed by atoms with Gasteiger partial charge in [0.25, 0.3) is 0 Å². The number of rotatable bonds is 3. The highest BCUT2D eigenvalue weighted by molar-refractivity contribution is 6.18. The molecule has 0 N–H and O–H groups in total. The topological polar surface area (TPSA) is 6.48 Å². The average molecular weight is 231 g/mol. The Morgan fingerprint density at radius 1 is 1.40 bits per heavy atom. The summed E-state index contributed by atoms with van der Waals surface area (Å²) in [4.78, 5) is 5.31. The molecule has 0 aromatic rings. The van der Waals surface area contributed by atoms with Crippen LogP contribution in [0.15, 0.2) is 0 Å². The Bertz CT molecular complexity index is 210. The minimum atomic E-state index is 0.627. The van der Waals surface area contributed by atoms with Crippen molar-refractivity contribution in [2.75, 3.05) is 32.1 Å². The van der Waals surface area contributed by atoms with Gasteiger partial charge in [0.15, 0.2) is 0 Å². The summed E-state index contributed by atoms with van der Waals surface area (Å²) < 4.78 is 0. The second kappa shape index (κ2) is 5.03. The normalized spacial score (nSPS) is 35.4. The summed E-state index contributed by atoms with van der Waals surface area (Å²) in [6, 6.07) is 1.55. The maximum atomic E-state index is 5.89. The number of hydrogen-bond acceptors (Lipinski definition) is 2. The van der Waals surface area contributed by atoms with Crippen LogP contribution in [-0.4, -0.2) is 53.9 Å². The molecule has 15 heavy (non-hydrogen) atoms. The SMILES string of the molecule is CC(CCl)CN1CC2CCCN2CC1C. The van der Waals surface area contributed by atoms with Crippen LogP contribution in [0.2, 0.25) is 0 Å². The van der Waals surface area contributed by atoms with Gasteiger partial charge in [0.1, 0.15) is 0 Å². The molecule has 0 aromatic carbocycles. The third kappa shape index (κ3) is 2.66. The van der Waals surface area contributed by atoms with E-state index in [1.807, 2.05) is 0 Å². The average Bonchev–Trinajstić information content (AvgIpc) is 2.65. The lowest BCUT2D eigenvalue weighted by atomic mass is 10.1. The Labute approximate surface area is 98.6 Å². The molecule has 2 nitrogen and oxygen atoms in total.